The van der Waals surface area contributed by atoms with Gasteiger partial charge >= 0.3 is 6.18 Å². The van der Waals surface area contributed by atoms with Crippen molar-refractivity contribution in [2.24, 2.45) is 11.7 Å². The third kappa shape index (κ3) is 4.74. The van der Waals surface area contributed by atoms with Gasteiger partial charge in [-0.3, -0.25) is 4.79 Å². The largest absolute Gasteiger partial charge is 0.391 e. The number of hydrogen-bond donors (Lipinski definition) is 2. The van der Waals surface area contributed by atoms with E-state index in [1.807, 2.05) is 0 Å². The quantitative estimate of drug-likeness (QED) is 0.817. The summed E-state index contributed by atoms with van der Waals surface area (Å²) in [5.41, 5.74) is 5.23. The van der Waals surface area contributed by atoms with Crippen LogP contribution in [-0.4, -0.2) is 23.7 Å². The van der Waals surface area contributed by atoms with Gasteiger partial charge in [0.15, 0.2) is 0 Å². The zero-order chi connectivity index (χ0) is 14.8. The predicted octanol–water partition coefficient (Wildman–Crippen LogP) is 3.31. The number of rotatable bonds is 2. The van der Waals surface area contributed by atoms with Gasteiger partial charge in [-0.25, -0.2) is 0 Å². The van der Waals surface area contributed by atoms with Crippen LogP contribution < -0.4 is 11.1 Å². The standard InChI is InChI=1S/C14H23F3N2O.ClH/c15-14(16,17)10-5-4-6-11(9-10)19-12(20)13(18)7-2-1-3-8-13;/h10-11H,1-9,18H2,(H,19,20);1H. The molecule has 0 bridgehead atoms. The lowest BCUT2D eigenvalue weighted by molar-refractivity contribution is -0.184. The van der Waals surface area contributed by atoms with Gasteiger partial charge in [0, 0.05) is 6.04 Å². The van der Waals surface area contributed by atoms with Crippen LogP contribution in [0.15, 0.2) is 0 Å². The van der Waals surface area contributed by atoms with E-state index in [1.165, 1.54) is 0 Å². The maximum atomic E-state index is 12.7. The molecule has 124 valence electrons. The van der Waals surface area contributed by atoms with Crippen LogP contribution >= 0.6 is 12.4 Å². The summed E-state index contributed by atoms with van der Waals surface area (Å²) in [6.45, 7) is 0. The lowest BCUT2D eigenvalue weighted by atomic mass is 9.80. The van der Waals surface area contributed by atoms with Gasteiger partial charge in [-0.15, -0.1) is 12.4 Å². The van der Waals surface area contributed by atoms with Crippen molar-refractivity contribution in [1.29, 1.82) is 0 Å². The number of nitrogens with two attached hydrogens (primary N) is 1. The van der Waals surface area contributed by atoms with Crippen LogP contribution in [0.1, 0.15) is 57.8 Å². The molecule has 0 saturated heterocycles. The van der Waals surface area contributed by atoms with Crippen molar-refractivity contribution in [1.82, 2.24) is 5.32 Å². The molecule has 2 atom stereocenters. The Morgan fingerprint density at radius 2 is 1.71 bits per heavy atom. The number of alkyl halides is 3. The van der Waals surface area contributed by atoms with Crippen LogP contribution in [-0.2, 0) is 4.79 Å². The summed E-state index contributed by atoms with van der Waals surface area (Å²) in [5.74, 6) is -1.55. The van der Waals surface area contributed by atoms with Crippen molar-refractivity contribution >= 4 is 18.3 Å². The highest BCUT2D eigenvalue weighted by atomic mass is 35.5. The van der Waals surface area contributed by atoms with Crippen molar-refractivity contribution in [2.75, 3.05) is 0 Å². The molecule has 2 aliphatic carbocycles. The molecular formula is C14H24ClF3N2O. The molecule has 21 heavy (non-hydrogen) atoms. The van der Waals surface area contributed by atoms with Crippen LogP contribution in [0.25, 0.3) is 0 Å². The smallest absolute Gasteiger partial charge is 0.352 e. The van der Waals surface area contributed by atoms with Crippen molar-refractivity contribution in [3.63, 3.8) is 0 Å². The summed E-state index contributed by atoms with van der Waals surface area (Å²) in [4.78, 5) is 12.2. The first-order valence-corrected chi connectivity index (χ1v) is 7.48. The summed E-state index contributed by atoms with van der Waals surface area (Å²) in [6, 6.07) is -0.384. The molecular weight excluding hydrogens is 305 g/mol. The molecule has 0 aromatic rings. The fraction of sp³-hybridized carbons (Fsp3) is 0.929. The second-order valence-electron chi connectivity index (χ2n) is 6.29. The Morgan fingerprint density at radius 1 is 1.10 bits per heavy atom. The summed E-state index contributed by atoms with van der Waals surface area (Å²) < 4.78 is 38.2. The Bertz CT molecular complexity index is 357. The van der Waals surface area contributed by atoms with Gasteiger partial charge in [0.2, 0.25) is 5.91 Å². The van der Waals surface area contributed by atoms with Crippen LogP contribution in [0.5, 0.6) is 0 Å². The van der Waals surface area contributed by atoms with E-state index >= 15 is 0 Å². The van der Waals surface area contributed by atoms with E-state index in [0.717, 1.165) is 19.3 Å². The third-order valence-corrected chi connectivity index (χ3v) is 4.67. The van der Waals surface area contributed by atoms with Crippen molar-refractivity contribution in [3.8, 4) is 0 Å². The summed E-state index contributed by atoms with van der Waals surface area (Å²) in [7, 11) is 0. The second kappa shape index (κ2) is 7.18. The lowest BCUT2D eigenvalue weighted by Gasteiger charge is -2.36. The SMILES string of the molecule is Cl.NC1(C(=O)NC2CCCC(C(F)(F)F)C2)CCCCC1. The first kappa shape index (κ1) is 18.6. The molecule has 2 fully saturated rings. The maximum Gasteiger partial charge on any atom is 0.391 e. The zero-order valence-corrected chi connectivity index (χ0v) is 12.9. The highest BCUT2D eigenvalue weighted by Gasteiger charge is 2.43. The number of hydrogen-bond acceptors (Lipinski definition) is 2. The second-order valence-corrected chi connectivity index (χ2v) is 6.29. The zero-order valence-electron chi connectivity index (χ0n) is 12.0. The summed E-state index contributed by atoms with van der Waals surface area (Å²) >= 11 is 0. The fourth-order valence-corrected chi connectivity index (χ4v) is 3.36. The molecule has 0 aliphatic heterocycles. The van der Waals surface area contributed by atoms with E-state index in [-0.39, 0.29) is 37.2 Å². The van der Waals surface area contributed by atoms with E-state index in [4.69, 9.17) is 5.73 Å². The highest BCUT2D eigenvalue weighted by Crippen LogP contribution is 2.37. The first-order chi connectivity index (χ1) is 9.31. The topological polar surface area (TPSA) is 55.1 Å². The summed E-state index contributed by atoms with van der Waals surface area (Å²) in [5, 5.41) is 2.77. The average molecular weight is 329 g/mol. The van der Waals surface area contributed by atoms with Crippen LogP contribution in [0.4, 0.5) is 13.2 Å². The van der Waals surface area contributed by atoms with Crippen molar-refractivity contribution in [2.45, 2.75) is 75.5 Å². The van der Waals surface area contributed by atoms with Gasteiger partial charge in [-0.05, 0) is 32.1 Å². The van der Waals surface area contributed by atoms with Gasteiger partial charge in [-0.2, -0.15) is 13.2 Å². The maximum absolute atomic E-state index is 12.7. The normalized spacial score (nSPS) is 29.3. The van der Waals surface area contributed by atoms with Gasteiger partial charge in [0.25, 0.3) is 0 Å². The number of amides is 1. The minimum atomic E-state index is -4.16. The van der Waals surface area contributed by atoms with Gasteiger partial charge < -0.3 is 11.1 Å². The van der Waals surface area contributed by atoms with Gasteiger partial charge in [-0.1, -0.05) is 25.7 Å². The van der Waals surface area contributed by atoms with Gasteiger partial charge in [0.05, 0.1) is 11.5 Å². The van der Waals surface area contributed by atoms with E-state index in [0.29, 0.717) is 25.7 Å². The predicted molar refractivity (Wildman–Crippen MR) is 77.2 cm³/mol. The van der Waals surface area contributed by atoms with Gasteiger partial charge in [0.1, 0.15) is 0 Å². The monoisotopic (exact) mass is 328 g/mol. The van der Waals surface area contributed by atoms with E-state index < -0.39 is 17.6 Å². The average Bonchev–Trinajstić information content (AvgIpc) is 2.39. The molecule has 2 aliphatic rings. The highest BCUT2D eigenvalue weighted by molar-refractivity contribution is 5.86. The molecule has 0 aromatic carbocycles. The van der Waals surface area contributed by atoms with E-state index in [1.54, 1.807) is 0 Å². The fourth-order valence-electron chi connectivity index (χ4n) is 3.36. The minimum Gasteiger partial charge on any atom is -0.352 e. The number of nitrogens with one attached hydrogen (secondary N) is 1. The molecule has 2 saturated carbocycles. The van der Waals surface area contributed by atoms with Crippen LogP contribution in [0, 0.1) is 5.92 Å². The Hall–Kier alpha value is -0.490. The Kier molecular flexibility index (Phi) is 6.35. The molecule has 0 radical (unpaired) electrons. The number of carbonyl (C=O) groups is 1. The van der Waals surface area contributed by atoms with Crippen molar-refractivity contribution in [3.05, 3.63) is 0 Å². The molecule has 3 N–H and O–H groups in total. The molecule has 0 heterocycles. The molecule has 3 nitrogen and oxygen atoms in total. The Morgan fingerprint density at radius 3 is 2.29 bits per heavy atom. The molecule has 7 heteroatoms. The first-order valence-electron chi connectivity index (χ1n) is 7.48. The molecule has 0 aromatic heterocycles. The number of halogens is 4. The Balaban J connectivity index is 0.00000220. The van der Waals surface area contributed by atoms with Crippen LogP contribution in [0.3, 0.4) is 0 Å². The van der Waals surface area contributed by atoms with E-state index in [9.17, 15) is 18.0 Å². The molecule has 2 unspecified atom stereocenters. The molecule has 2 rings (SSSR count). The number of carbonyl (C=O) groups excluding carboxylic acids is 1. The molecule has 1 amide bonds. The molecule has 0 spiro atoms. The van der Waals surface area contributed by atoms with Crippen molar-refractivity contribution < 1.29 is 18.0 Å². The van der Waals surface area contributed by atoms with Crippen LogP contribution in [0.2, 0.25) is 0 Å². The minimum absolute atomic E-state index is 0. The lowest BCUT2D eigenvalue weighted by Crippen LogP contribution is -2.57. The third-order valence-electron chi connectivity index (χ3n) is 4.67. The summed E-state index contributed by atoms with van der Waals surface area (Å²) in [6.07, 6.45) is 1.30. The van der Waals surface area contributed by atoms with E-state index in [2.05, 4.69) is 5.32 Å². The Labute approximate surface area is 129 Å².